The van der Waals surface area contributed by atoms with E-state index < -0.39 is 6.10 Å². The van der Waals surface area contributed by atoms with Gasteiger partial charge in [-0.3, -0.25) is 0 Å². The van der Waals surface area contributed by atoms with Crippen molar-refractivity contribution in [3.8, 4) is 17.4 Å². The molecule has 0 spiro atoms. The second-order valence-electron chi connectivity index (χ2n) is 9.44. The maximum Gasteiger partial charge on any atom is 0.263 e. The third kappa shape index (κ3) is 4.88. The molecule has 2 aromatic carbocycles. The molecule has 0 saturated carbocycles. The Morgan fingerprint density at radius 2 is 1.88 bits per heavy atom. The number of piperidine rings is 1. The molecule has 1 saturated heterocycles. The molecule has 2 aromatic heterocycles. The summed E-state index contributed by atoms with van der Waals surface area (Å²) in [4.78, 5) is 6.58. The van der Waals surface area contributed by atoms with E-state index in [1.54, 1.807) is 6.20 Å². The molecule has 3 heterocycles. The summed E-state index contributed by atoms with van der Waals surface area (Å²) in [5.74, 6) is 3.02. The van der Waals surface area contributed by atoms with Crippen molar-refractivity contribution in [3.05, 3.63) is 71.1 Å². The number of likely N-dealkylation sites (tertiary alicyclic amines) is 1. The largest absolute Gasteiger partial charge is 0.490 e. The highest BCUT2D eigenvalue weighted by molar-refractivity contribution is 5.87. The fraction of sp³-hybridized carbons (Fsp3) is 0.393. The van der Waals surface area contributed by atoms with Crippen LogP contribution < -0.4 is 4.74 Å². The number of aliphatic hydroxyl groups excluding tert-OH is 1. The smallest absolute Gasteiger partial charge is 0.263 e. The highest BCUT2D eigenvalue weighted by Crippen LogP contribution is 2.33. The zero-order valence-corrected chi connectivity index (χ0v) is 20.1. The lowest BCUT2D eigenvalue weighted by Crippen LogP contribution is -2.40. The lowest BCUT2D eigenvalue weighted by Gasteiger charge is -2.33. The van der Waals surface area contributed by atoms with E-state index in [1.807, 2.05) is 31.2 Å². The second kappa shape index (κ2) is 9.65. The number of aliphatic hydroxyl groups is 1. The van der Waals surface area contributed by atoms with Gasteiger partial charge in [0.25, 0.3) is 5.89 Å². The number of hydrogen-bond donors (Lipinski definition) is 1. The van der Waals surface area contributed by atoms with Crippen molar-refractivity contribution in [1.29, 1.82) is 0 Å². The van der Waals surface area contributed by atoms with Crippen molar-refractivity contribution in [1.82, 2.24) is 9.88 Å². The van der Waals surface area contributed by atoms with E-state index in [0.717, 1.165) is 37.1 Å². The van der Waals surface area contributed by atoms with Gasteiger partial charge in [0.05, 0.1) is 11.6 Å². The summed E-state index contributed by atoms with van der Waals surface area (Å²) < 4.78 is 17.5. The Balaban J connectivity index is 1.16. The van der Waals surface area contributed by atoms with Gasteiger partial charge in [-0.05, 0) is 81.4 Å². The van der Waals surface area contributed by atoms with Crippen molar-refractivity contribution in [2.24, 2.45) is 0 Å². The molecule has 1 atom stereocenters. The molecule has 1 N–H and O–H groups in total. The highest BCUT2D eigenvalue weighted by Gasteiger charge is 2.23. The minimum absolute atomic E-state index is 0.231. The Kier molecular flexibility index (Phi) is 6.44. The highest BCUT2D eigenvalue weighted by atomic mass is 16.5. The SMILES string of the molecule is Cc1cnc(-c2cc3c(OC[C@@H](O)CN4CCC(c5ccc(C)c(C)c5)CC4)cccc3o2)o1. The second-order valence-corrected chi connectivity index (χ2v) is 9.44. The van der Waals surface area contributed by atoms with Gasteiger partial charge in [0.1, 0.15) is 29.8 Å². The molecular formula is C28H32N2O4. The summed E-state index contributed by atoms with van der Waals surface area (Å²) in [5.41, 5.74) is 4.85. The van der Waals surface area contributed by atoms with Crippen LogP contribution in [0.15, 0.2) is 57.5 Å². The molecule has 0 bridgehead atoms. The summed E-state index contributed by atoms with van der Waals surface area (Å²) in [6.45, 7) is 9.02. The van der Waals surface area contributed by atoms with Crippen LogP contribution in [0, 0.1) is 20.8 Å². The van der Waals surface area contributed by atoms with Gasteiger partial charge in [0.2, 0.25) is 0 Å². The van der Waals surface area contributed by atoms with Gasteiger partial charge < -0.3 is 23.6 Å². The fourth-order valence-electron chi connectivity index (χ4n) is 4.74. The average Bonchev–Trinajstić information content (AvgIpc) is 3.46. The molecule has 6 heteroatoms. The van der Waals surface area contributed by atoms with Crippen molar-refractivity contribution in [2.45, 2.75) is 45.6 Å². The van der Waals surface area contributed by atoms with E-state index in [1.165, 1.54) is 16.7 Å². The number of ether oxygens (including phenoxy) is 1. The minimum Gasteiger partial charge on any atom is -0.490 e. The molecule has 0 unspecified atom stereocenters. The number of hydrogen-bond acceptors (Lipinski definition) is 6. The van der Waals surface area contributed by atoms with Gasteiger partial charge in [-0.25, -0.2) is 4.98 Å². The normalized spacial score (nSPS) is 16.2. The summed E-state index contributed by atoms with van der Waals surface area (Å²) in [5, 5.41) is 11.5. The zero-order chi connectivity index (χ0) is 23.7. The first-order valence-electron chi connectivity index (χ1n) is 12.0. The van der Waals surface area contributed by atoms with Gasteiger partial charge in [0.15, 0.2) is 5.76 Å². The lowest BCUT2D eigenvalue weighted by atomic mass is 9.88. The Labute approximate surface area is 200 Å². The van der Waals surface area contributed by atoms with Gasteiger partial charge >= 0.3 is 0 Å². The van der Waals surface area contributed by atoms with E-state index in [4.69, 9.17) is 13.6 Å². The zero-order valence-electron chi connectivity index (χ0n) is 20.1. The molecular weight excluding hydrogens is 428 g/mol. The molecule has 1 aliphatic rings. The topological polar surface area (TPSA) is 71.9 Å². The number of fused-ring (bicyclic) bond motifs is 1. The van der Waals surface area contributed by atoms with E-state index in [2.05, 4.69) is 41.9 Å². The summed E-state index contributed by atoms with van der Waals surface area (Å²) >= 11 is 0. The molecule has 178 valence electrons. The van der Waals surface area contributed by atoms with Gasteiger partial charge in [0, 0.05) is 12.6 Å². The van der Waals surface area contributed by atoms with Crippen LogP contribution in [0.3, 0.4) is 0 Å². The first-order chi connectivity index (χ1) is 16.5. The van der Waals surface area contributed by atoms with Crippen LogP contribution in [0.25, 0.3) is 22.6 Å². The Bertz CT molecular complexity index is 1270. The van der Waals surface area contributed by atoms with Gasteiger partial charge in [-0.1, -0.05) is 24.3 Å². The number of benzene rings is 2. The summed E-state index contributed by atoms with van der Waals surface area (Å²) in [6, 6.07) is 14.4. The van der Waals surface area contributed by atoms with Crippen LogP contribution in [-0.4, -0.2) is 47.3 Å². The van der Waals surface area contributed by atoms with Crippen LogP contribution >= 0.6 is 0 Å². The first-order valence-corrected chi connectivity index (χ1v) is 12.0. The van der Waals surface area contributed by atoms with Crippen molar-refractivity contribution >= 4 is 11.0 Å². The Hall–Kier alpha value is -3.09. The van der Waals surface area contributed by atoms with Crippen LogP contribution in [0.2, 0.25) is 0 Å². The van der Waals surface area contributed by atoms with E-state index >= 15 is 0 Å². The molecule has 0 aliphatic carbocycles. The van der Waals surface area contributed by atoms with Crippen LogP contribution in [-0.2, 0) is 0 Å². The van der Waals surface area contributed by atoms with Gasteiger partial charge in [-0.2, -0.15) is 0 Å². The number of rotatable bonds is 7. The van der Waals surface area contributed by atoms with E-state index in [9.17, 15) is 5.11 Å². The predicted octanol–water partition coefficient (Wildman–Crippen LogP) is 5.63. The Morgan fingerprint density at radius 1 is 1.06 bits per heavy atom. The number of oxazole rings is 1. The minimum atomic E-state index is -0.561. The lowest BCUT2D eigenvalue weighted by molar-refractivity contribution is 0.0599. The number of aromatic nitrogens is 1. The number of β-amino-alcohol motifs (C(OH)–C–C–N with tert-alkyl or cyclic N) is 1. The maximum absolute atomic E-state index is 10.7. The molecule has 1 aliphatic heterocycles. The molecule has 0 radical (unpaired) electrons. The average molecular weight is 461 g/mol. The van der Waals surface area contributed by atoms with Crippen LogP contribution in [0.1, 0.15) is 41.2 Å². The van der Waals surface area contributed by atoms with Crippen molar-refractivity contribution < 1.29 is 18.7 Å². The Morgan fingerprint density at radius 3 is 2.62 bits per heavy atom. The summed E-state index contributed by atoms with van der Waals surface area (Å²) in [7, 11) is 0. The van der Waals surface area contributed by atoms with Crippen molar-refractivity contribution in [2.75, 3.05) is 26.2 Å². The molecule has 4 aromatic rings. The predicted molar refractivity (Wildman–Crippen MR) is 132 cm³/mol. The third-order valence-corrected chi connectivity index (χ3v) is 6.84. The molecule has 34 heavy (non-hydrogen) atoms. The number of aryl methyl sites for hydroxylation is 3. The number of furan rings is 1. The molecule has 0 amide bonds. The van der Waals surface area contributed by atoms with Crippen molar-refractivity contribution in [3.63, 3.8) is 0 Å². The van der Waals surface area contributed by atoms with Crippen LogP contribution in [0.4, 0.5) is 0 Å². The maximum atomic E-state index is 10.7. The van der Waals surface area contributed by atoms with E-state index in [0.29, 0.717) is 35.4 Å². The van der Waals surface area contributed by atoms with Crippen LogP contribution in [0.5, 0.6) is 5.75 Å². The molecule has 6 nitrogen and oxygen atoms in total. The fourth-order valence-corrected chi connectivity index (χ4v) is 4.74. The third-order valence-electron chi connectivity index (χ3n) is 6.84. The monoisotopic (exact) mass is 460 g/mol. The number of nitrogens with zero attached hydrogens (tertiary/aromatic N) is 2. The first kappa shape index (κ1) is 22.7. The standard InChI is InChI=1S/C28H32N2O4/c1-18-7-8-22(13-19(18)2)21-9-11-30(12-10-21)16-23(31)17-32-25-5-4-6-26-24(25)14-27(34-26)28-29-15-20(3)33-28/h4-8,13-15,21,23,31H,9-12,16-17H2,1-3H3/t23-/m0/s1. The quantitative estimate of drug-likeness (QED) is 0.385. The molecule has 5 rings (SSSR count). The van der Waals surface area contributed by atoms with E-state index in [-0.39, 0.29) is 6.61 Å². The van der Waals surface area contributed by atoms with Gasteiger partial charge in [-0.15, -0.1) is 0 Å². The molecule has 1 fully saturated rings. The summed E-state index contributed by atoms with van der Waals surface area (Å²) in [6.07, 6.45) is 3.34.